The molecule has 22 heavy (non-hydrogen) atoms. The summed E-state index contributed by atoms with van der Waals surface area (Å²) in [5.41, 5.74) is 0.994. The van der Waals surface area contributed by atoms with Crippen LogP contribution in [0, 0.1) is 0 Å². The van der Waals surface area contributed by atoms with Crippen molar-refractivity contribution in [3.8, 4) is 5.69 Å². The van der Waals surface area contributed by atoms with E-state index in [-0.39, 0.29) is 0 Å². The molecule has 0 bridgehead atoms. The molecule has 0 amide bonds. The van der Waals surface area contributed by atoms with Gasteiger partial charge in [-0.15, -0.1) is 16.9 Å². The molecule has 0 aliphatic rings. The van der Waals surface area contributed by atoms with Gasteiger partial charge in [0.25, 0.3) is 0 Å². The Kier molecular flexibility index (Phi) is 5.50. The van der Waals surface area contributed by atoms with Crippen LogP contribution in [-0.2, 0) is 0 Å². The molecule has 6 heteroatoms. The molecule has 0 unspecified atom stereocenters. The van der Waals surface area contributed by atoms with Gasteiger partial charge in [-0.25, -0.2) is 0 Å². The molecule has 112 valence electrons. The van der Waals surface area contributed by atoms with E-state index in [9.17, 15) is 0 Å². The van der Waals surface area contributed by atoms with Gasteiger partial charge in [0.1, 0.15) is 0 Å². The van der Waals surface area contributed by atoms with Crippen molar-refractivity contribution < 1.29 is 0 Å². The van der Waals surface area contributed by atoms with Crippen LogP contribution >= 0.6 is 23.5 Å². The van der Waals surface area contributed by atoms with Crippen molar-refractivity contribution in [2.75, 3.05) is 11.5 Å². The minimum Gasteiger partial charge on any atom is -0.188 e. The molecule has 1 heterocycles. The van der Waals surface area contributed by atoms with Crippen LogP contribution in [0.2, 0.25) is 0 Å². The first-order valence-electron chi connectivity index (χ1n) is 7.08. The second-order valence-electron chi connectivity index (χ2n) is 4.57. The van der Waals surface area contributed by atoms with Gasteiger partial charge in [-0.2, -0.15) is 4.68 Å². The summed E-state index contributed by atoms with van der Waals surface area (Å²) in [5, 5.41) is 12.8. The highest BCUT2D eigenvalue weighted by Gasteiger charge is 2.08. The lowest BCUT2D eigenvalue weighted by Crippen LogP contribution is -1.99. The number of nitrogens with zero attached hydrogens (tertiary/aromatic N) is 4. The van der Waals surface area contributed by atoms with Gasteiger partial charge in [0.2, 0.25) is 5.16 Å². The van der Waals surface area contributed by atoms with Crippen LogP contribution in [0.1, 0.15) is 6.42 Å². The molecule has 0 fully saturated rings. The van der Waals surface area contributed by atoms with E-state index in [0.29, 0.717) is 0 Å². The molecule has 0 aliphatic heterocycles. The van der Waals surface area contributed by atoms with E-state index in [1.807, 2.05) is 48.2 Å². The molecule has 0 aliphatic carbocycles. The second-order valence-corrected chi connectivity index (χ2v) is 6.80. The van der Waals surface area contributed by atoms with Gasteiger partial charge in [-0.05, 0) is 46.9 Å². The molecule has 0 saturated carbocycles. The number of tetrazole rings is 1. The molecule has 0 spiro atoms. The van der Waals surface area contributed by atoms with Gasteiger partial charge in [0.05, 0.1) is 5.69 Å². The van der Waals surface area contributed by atoms with Crippen molar-refractivity contribution in [3.05, 3.63) is 60.7 Å². The predicted octanol–water partition coefficient (Wildman–Crippen LogP) is 3.94. The molecule has 2 aromatic carbocycles. The van der Waals surface area contributed by atoms with Crippen molar-refractivity contribution in [2.24, 2.45) is 0 Å². The van der Waals surface area contributed by atoms with Crippen molar-refractivity contribution in [3.63, 3.8) is 0 Å². The van der Waals surface area contributed by atoms with Gasteiger partial charge >= 0.3 is 0 Å². The minimum atomic E-state index is 0.843. The Morgan fingerprint density at radius 2 is 1.50 bits per heavy atom. The van der Waals surface area contributed by atoms with Gasteiger partial charge < -0.3 is 0 Å². The highest BCUT2D eigenvalue weighted by molar-refractivity contribution is 8.00. The Balaban J connectivity index is 1.48. The Morgan fingerprint density at radius 1 is 0.818 bits per heavy atom. The molecule has 0 atom stereocenters. The summed E-state index contributed by atoms with van der Waals surface area (Å²) in [6, 6.07) is 20.5. The molecule has 4 nitrogen and oxygen atoms in total. The molecular formula is C16H16N4S2. The number of rotatable bonds is 7. The zero-order valence-electron chi connectivity index (χ0n) is 12.0. The van der Waals surface area contributed by atoms with E-state index < -0.39 is 0 Å². The van der Waals surface area contributed by atoms with Gasteiger partial charge in [0.15, 0.2) is 0 Å². The summed E-state index contributed by atoms with van der Waals surface area (Å²) < 4.78 is 1.79. The van der Waals surface area contributed by atoms with Crippen molar-refractivity contribution >= 4 is 23.5 Å². The summed E-state index contributed by atoms with van der Waals surface area (Å²) in [6.07, 6.45) is 1.12. The van der Waals surface area contributed by atoms with E-state index in [0.717, 1.165) is 28.8 Å². The SMILES string of the molecule is c1ccc(SCCCSc2nnnn2-c2ccccc2)cc1. The van der Waals surface area contributed by atoms with Crippen LogP contribution in [0.15, 0.2) is 70.7 Å². The fraction of sp³-hybridized carbons (Fsp3) is 0.188. The van der Waals surface area contributed by atoms with E-state index in [1.54, 1.807) is 16.4 Å². The second kappa shape index (κ2) is 8.00. The summed E-state index contributed by atoms with van der Waals surface area (Å²) in [7, 11) is 0. The van der Waals surface area contributed by atoms with E-state index in [1.165, 1.54) is 4.90 Å². The van der Waals surface area contributed by atoms with Crippen LogP contribution < -0.4 is 0 Å². The number of thioether (sulfide) groups is 2. The van der Waals surface area contributed by atoms with E-state index in [4.69, 9.17) is 0 Å². The summed E-state index contributed by atoms with van der Waals surface area (Å²) in [6.45, 7) is 0. The van der Waals surface area contributed by atoms with Crippen LogP contribution in [0.4, 0.5) is 0 Å². The summed E-state index contributed by atoms with van der Waals surface area (Å²) in [5.74, 6) is 2.11. The Labute approximate surface area is 138 Å². The van der Waals surface area contributed by atoms with Crippen molar-refractivity contribution in [1.29, 1.82) is 0 Å². The number of benzene rings is 2. The normalized spacial score (nSPS) is 10.7. The van der Waals surface area contributed by atoms with Crippen LogP contribution in [0.3, 0.4) is 0 Å². The highest BCUT2D eigenvalue weighted by atomic mass is 32.2. The fourth-order valence-electron chi connectivity index (χ4n) is 1.93. The summed E-state index contributed by atoms with van der Waals surface area (Å²) in [4.78, 5) is 1.32. The van der Waals surface area contributed by atoms with Gasteiger partial charge in [0, 0.05) is 10.6 Å². The average Bonchev–Trinajstić information content (AvgIpc) is 3.05. The largest absolute Gasteiger partial charge is 0.214 e. The Morgan fingerprint density at radius 3 is 2.27 bits per heavy atom. The van der Waals surface area contributed by atoms with Crippen molar-refractivity contribution in [1.82, 2.24) is 20.2 Å². The first kappa shape index (κ1) is 15.1. The first-order valence-corrected chi connectivity index (χ1v) is 9.05. The standard InChI is InChI=1S/C16H16N4S2/c1-3-8-14(9-4-1)20-16(17-18-19-20)22-13-7-12-21-15-10-5-2-6-11-15/h1-6,8-11H,7,12-13H2. The Bertz CT molecular complexity index is 686. The average molecular weight is 328 g/mol. The maximum absolute atomic E-state index is 4.11. The number of hydrogen-bond donors (Lipinski definition) is 0. The summed E-state index contributed by atoms with van der Waals surface area (Å²) >= 11 is 3.58. The third kappa shape index (κ3) is 4.11. The van der Waals surface area contributed by atoms with Crippen LogP contribution in [0.5, 0.6) is 0 Å². The van der Waals surface area contributed by atoms with Crippen LogP contribution in [0.25, 0.3) is 5.69 Å². The zero-order chi connectivity index (χ0) is 15.0. The molecule has 0 saturated heterocycles. The van der Waals surface area contributed by atoms with Gasteiger partial charge in [-0.1, -0.05) is 48.2 Å². The smallest absolute Gasteiger partial charge is 0.188 e. The molecule has 3 aromatic rings. The zero-order valence-corrected chi connectivity index (χ0v) is 13.6. The number of hydrogen-bond acceptors (Lipinski definition) is 5. The topological polar surface area (TPSA) is 43.6 Å². The lowest BCUT2D eigenvalue weighted by Gasteiger charge is -2.04. The van der Waals surface area contributed by atoms with Crippen molar-refractivity contribution in [2.45, 2.75) is 16.5 Å². The third-order valence-electron chi connectivity index (χ3n) is 2.97. The molecule has 0 radical (unpaired) electrons. The third-order valence-corrected chi connectivity index (χ3v) is 5.08. The number of aromatic nitrogens is 4. The quantitative estimate of drug-likeness (QED) is 0.485. The molecule has 0 N–H and O–H groups in total. The maximum Gasteiger partial charge on any atom is 0.214 e. The lowest BCUT2D eigenvalue weighted by atomic mass is 10.3. The fourth-order valence-corrected chi connectivity index (χ4v) is 3.82. The van der Waals surface area contributed by atoms with E-state index >= 15 is 0 Å². The molecular weight excluding hydrogens is 312 g/mol. The Hall–Kier alpha value is -1.79. The van der Waals surface area contributed by atoms with Gasteiger partial charge in [-0.3, -0.25) is 0 Å². The highest BCUT2D eigenvalue weighted by Crippen LogP contribution is 2.22. The van der Waals surface area contributed by atoms with E-state index in [2.05, 4.69) is 39.8 Å². The lowest BCUT2D eigenvalue weighted by molar-refractivity contribution is 0.756. The molecule has 1 aromatic heterocycles. The monoisotopic (exact) mass is 328 g/mol. The maximum atomic E-state index is 4.11. The number of para-hydroxylation sites is 1. The first-order chi connectivity index (χ1) is 10.9. The molecule has 3 rings (SSSR count). The minimum absolute atomic E-state index is 0.843. The predicted molar refractivity (Wildman–Crippen MR) is 91.7 cm³/mol. The van der Waals surface area contributed by atoms with Crippen LogP contribution in [-0.4, -0.2) is 31.7 Å².